The summed E-state index contributed by atoms with van der Waals surface area (Å²) in [5.41, 5.74) is 2.86. The molecule has 0 saturated heterocycles. The molecule has 3 aromatic rings. The van der Waals surface area contributed by atoms with Crippen LogP contribution in [0.2, 0.25) is 0 Å². The quantitative estimate of drug-likeness (QED) is 0.390. The van der Waals surface area contributed by atoms with Gasteiger partial charge in [-0.3, -0.25) is 19.6 Å². The first-order valence-electron chi connectivity index (χ1n) is 8.82. The van der Waals surface area contributed by atoms with Crippen molar-refractivity contribution in [2.45, 2.75) is 12.3 Å². The van der Waals surface area contributed by atoms with Crippen molar-refractivity contribution in [3.8, 4) is 11.5 Å². The number of ketones is 1. The highest BCUT2D eigenvalue weighted by molar-refractivity contribution is 6.15. The Morgan fingerprint density at radius 1 is 0.964 bits per heavy atom. The summed E-state index contributed by atoms with van der Waals surface area (Å²) in [6, 6.07) is 10.7. The Labute approximate surface area is 160 Å². The minimum absolute atomic E-state index is 0.173. The number of carbonyl (C=O) groups is 2. The summed E-state index contributed by atoms with van der Waals surface area (Å²) in [7, 11) is 0. The Kier molecular flexibility index (Phi) is 3.76. The van der Waals surface area contributed by atoms with Gasteiger partial charge in [0.1, 0.15) is 11.5 Å². The molecule has 2 aromatic heterocycles. The van der Waals surface area contributed by atoms with Gasteiger partial charge in [-0.2, -0.15) is 0 Å². The van der Waals surface area contributed by atoms with Crippen LogP contribution in [0.15, 0.2) is 66.9 Å². The molecule has 1 unspecified atom stereocenters. The van der Waals surface area contributed by atoms with E-state index in [1.807, 2.05) is 18.2 Å². The highest BCUT2D eigenvalue weighted by atomic mass is 16.5. The van der Waals surface area contributed by atoms with Crippen LogP contribution in [-0.2, 0) is 4.79 Å². The number of hydrogen-bond donors (Lipinski definition) is 0. The van der Waals surface area contributed by atoms with E-state index in [1.165, 1.54) is 0 Å². The highest BCUT2D eigenvalue weighted by Crippen LogP contribution is 2.48. The number of allylic oxidation sites excluding steroid dienone is 1. The Morgan fingerprint density at radius 2 is 1.82 bits per heavy atom. The van der Waals surface area contributed by atoms with E-state index < -0.39 is 0 Å². The van der Waals surface area contributed by atoms with E-state index in [0.717, 1.165) is 11.1 Å². The topological polar surface area (TPSA) is 78.4 Å². The molecule has 0 bridgehead atoms. The van der Waals surface area contributed by atoms with Crippen LogP contribution in [0.3, 0.4) is 0 Å². The predicted molar refractivity (Wildman–Crippen MR) is 99.9 cm³/mol. The first-order chi connectivity index (χ1) is 13.7. The zero-order valence-corrected chi connectivity index (χ0v) is 14.7. The largest absolute Gasteiger partial charge is 0.452 e. The maximum Gasteiger partial charge on any atom is 0.312 e. The number of nitrogens with zero attached hydrogens (tertiary/aromatic N) is 2. The van der Waals surface area contributed by atoms with Gasteiger partial charge in [0.15, 0.2) is 5.76 Å². The minimum atomic E-state index is -0.315. The molecule has 136 valence electrons. The number of rotatable bonds is 2. The average molecular weight is 370 g/mol. The number of pyridine rings is 2. The van der Waals surface area contributed by atoms with Gasteiger partial charge in [0.05, 0.1) is 12.0 Å². The molecule has 5 rings (SSSR count). The van der Waals surface area contributed by atoms with Crippen LogP contribution in [0, 0.1) is 0 Å². The van der Waals surface area contributed by atoms with Crippen LogP contribution in [0.5, 0.6) is 11.5 Å². The lowest BCUT2D eigenvalue weighted by molar-refractivity contribution is -0.135. The van der Waals surface area contributed by atoms with Gasteiger partial charge in [0.25, 0.3) is 0 Å². The van der Waals surface area contributed by atoms with Crippen molar-refractivity contribution in [1.29, 1.82) is 0 Å². The van der Waals surface area contributed by atoms with E-state index >= 15 is 0 Å². The molecule has 6 nitrogen and oxygen atoms in total. The fourth-order valence-corrected chi connectivity index (χ4v) is 3.60. The van der Waals surface area contributed by atoms with Crippen molar-refractivity contribution in [2.75, 3.05) is 0 Å². The van der Waals surface area contributed by atoms with Crippen LogP contribution in [0.25, 0.3) is 6.08 Å². The zero-order valence-electron chi connectivity index (χ0n) is 14.7. The molecular formula is C22H14N2O4. The Hall–Kier alpha value is -3.80. The van der Waals surface area contributed by atoms with E-state index in [-0.39, 0.29) is 29.9 Å². The second-order valence-corrected chi connectivity index (χ2v) is 6.59. The maximum absolute atomic E-state index is 12.9. The molecule has 0 N–H and O–H groups in total. The summed E-state index contributed by atoms with van der Waals surface area (Å²) in [6.45, 7) is 0. The zero-order chi connectivity index (χ0) is 19.1. The number of carbonyl (C=O) groups excluding carboxylic acids is 2. The second-order valence-electron chi connectivity index (χ2n) is 6.59. The number of Topliss-reactive ketones (excluding diaryl/α,β-unsaturated/α-hetero) is 1. The van der Waals surface area contributed by atoms with Crippen LogP contribution in [0.1, 0.15) is 39.4 Å². The average Bonchev–Trinajstić information content (AvgIpc) is 3.04. The summed E-state index contributed by atoms with van der Waals surface area (Å²) in [4.78, 5) is 33.1. The van der Waals surface area contributed by atoms with Crippen LogP contribution in [-0.4, -0.2) is 21.7 Å². The van der Waals surface area contributed by atoms with Gasteiger partial charge >= 0.3 is 5.97 Å². The summed E-state index contributed by atoms with van der Waals surface area (Å²) < 4.78 is 11.4. The van der Waals surface area contributed by atoms with Gasteiger partial charge in [-0.05, 0) is 47.5 Å². The molecule has 2 aliphatic rings. The lowest BCUT2D eigenvalue weighted by Gasteiger charge is -2.26. The minimum Gasteiger partial charge on any atom is -0.452 e. The number of aromatic nitrogens is 2. The van der Waals surface area contributed by atoms with Crippen molar-refractivity contribution in [2.24, 2.45) is 0 Å². The first-order valence-corrected chi connectivity index (χ1v) is 8.82. The molecule has 0 aliphatic carbocycles. The maximum atomic E-state index is 12.9. The molecule has 0 spiro atoms. The van der Waals surface area contributed by atoms with Gasteiger partial charge in [0, 0.05) is 36.3 Å². The van der Waals surface area contributed by atoms with E-state index in [2.05, 4.69) is 9.97 Å². The molecule has 0 fully saturated rings. The molecule has 1 aromatic carbocycles. The molecular weight excluding hydrogens is 356 g/mol. The lowest BCUT2D eigenvalue weighted by atomic mass is 9.85. The number of fused-ring (bicyclic) bond motifs is 3. The van der Waals surface area contributed by atoms with Gasteiger partial charge in [-0.15, -0.1) is 0 Å². The molecule has 2 aliphatic heterocycles. The molecule has 0 amide bonds. The fraction of sp³-hybridized carbons (Fsp3) is 0.0909. The van der Waals surface area contributed by atoms with Gasteiger partial charge in [0.2, 0.25) is 5.78 Å². The van der Waals surface area contributed by atoms with Crippen molar-refractivity contribution in [3.05, 3.63) is 89.2 Å². The van der Waals surface area contributed by atoms with Crippen LogP contribution >= 0.6 is 0 Å². The van der Waals surface area contributed by atoms with E-state index in [4.69, 9.17) is 9.47 Å². The molecule has 1 atom stereocenters. The van der Waals surface area contributed by atoms with Crippen LogP contribution in [0.4, 0.5) is 0 Å². The summed E-state index contributed by atoms with van der Waals surface area (Å²) in [5.74, 6) is 0.317. The first kappa shape index (κ1) is 16.4. The Morgan fingerprint density at radius 3 is 2.61 bits per heavy atom. The smallest absolute Gasteiger partial charge is 0.312 e. The summed E-state index contributed by atoms with van der Waals surface area (Å²) in [5, 5.41) is 0. The van der Waals surface area contributed by atoms with Gasteiger partial charge < -0.3 is 9.47 Å². The lowest BCUT2D eigenvalue weighted by Crippen LogP contribution is -2.21. The SMILES string of the molecule is O=C1CC(c2ccncc2)c2c(ccc3c2OC(=Cc2cccnc2)C3=O)O1. The monoisotopic (exact) mass is 370 g/mol. The summed E-state index contributed by atoms with van der Waals surface area (Å²) in [6.07, 6.45) is 8.52. The Balaban J connectivity index is 1.63. The number of hydrogen-bond acceptors (Lipinski definition) is 6. The molecule has 6 heteroatoms. The normalized spacial score (nSPS) is 19.0. The third kappa shape index (κ3) is 2.66. The standard InChI is InChI=1S/C22H14N2O4/c25-19-11-16(14-5-8-23-9-6-14)20-17(27-19)4-3-15-21(26)18(28-22(15)20)10-13-2-1-7-24-12-13/h1-10,12,16H,11H2. The number of benzene rings is 1. The fourth-order valence-electron chi connectivity index (χ4n) is 3.60. The van der Waals surface area contributed by atoms with E-state index in [0.29, 0.717) is 22.6 Å². The molecule has 4 heterocycles. The van der Waals surface area contributed by atoms with Gasteiger partial charge in [-0.25, -0.2) is 0 Å². The number of esters is 1. The third-order valence-electron chi connectivity index (χ3n) is 4.87. The summed E-state index contributed by atoms with van der Waals surface area (Å²) >= 11 is 0. The van der Waals surface area contributed by atoms with Crippen molar-refractivity contribution in [3.63, 3.8) is 0 Å². The van der Waals surface area contributed by atoms with Gasteiger partial charge in [-0.1, -0.05) is 6.07 Å². The van der Waals surface area contributed by atoms with Crippen molar-refractivity contribution < 1.29 is 19.1 Å². The van der Waals surface area contributed by atoms with Crippen molar-refractivity contribution >= 4 is 17.8 Å². The molecule has 0 radical (unpaired) electrons. The molecule has 0 saturated carbocycles. The predicted octanol–water partition coefficient (Wildman–Crippen LogP) is 3.53. The third-order valence-corrected chi connectivity index (χ3v) is 4.87. The molecule has 28 heavy (non-hydrogen) atoms. The van der Waals surface area contributed by atoms with E-state index in [9.17, 15) is 9.59 Å². The second kappa shape index (κ2) is 6.42. The highest BCUT2D eigenvalue weighted by Gasteiger charge is 2.38. The Bertz CT molecular complexity index is 1120. The van der Waals surface area contributed by atoms with E-state index in [1.54, 1.807) is 49.1 Å². The van der Waals surface area contributed by atoms with Crippen LogP contribution < -0.4 is 9.47 Å². The number of ether oxygens (including phenoxy) is 2. The van der Waals surface area contributed by atoms with Crippen molar-refractivity contribution in [1.82, 2.24) is 9.97 Å².